The van der Waals surface area contributed by atoms with Crippen molar-refractivity contribution in [2.45, 2.75) is 33.1 Å². The van der Waals surface area contributed by atoms with E-state index in [-0.39, 0.29) is 12.7 Å². The molecule has 0 atom stereocenters. The normalized spacial score (nSPS) is 12.5. The number of nitrogens with zero attached hydrogens (tertiary/aromatic N) is 4. The Morgan fingerprint density at radius 1 is 1.22 bits per heavy atom. The van der Waals surface area contributed by atoms with Gasteiger partial charge in [0.25, 0.3) is 5.78 Å². The molecule has 3 heterocycles. The SMILES string of the molecule is Cc1nc2ncnn2c(C)c1CCC(=O)NCCc1ccc2c(c1)OCO2. The van der Waals surface area contributed by atoms with Crippen LogP contribution in [-0.4, -0.2) is 38.8 Å². The van der Waals surface area contributed by atoms with Gasteiger partial charge in [-0.25, -0.2) is 9.50 Å². The van der Waals surface area contributed by atoms with Crippen LogP contribution in [-0.2, 0) is 17.6 Å². The van der Waals surface area contributed by atoms with Crippen LogP contribution >= 0.6 is 0 Å². The third kappa shape index (κ3) is 3.55. The lowest BCUT2D eigenvalue weighted by Gasteiger charge is -2.10. The molecule has 1 aliphatic heterocycles. The summed E-state index contributed by atoms with van der Waals surface area (Å²) in [5, 5.41) is 7.15. The Morgan fingerprint density at radius 2 is 2.07 bits per heavy atom. The second-order valence-corrected chi connectivity index (χ2v) is 6.52. The average molecular weight is 367 g/mol. The van der Waals surface area contributed by atoms with Crippen LogP contribution in [0.4, 0.5) is 0 Å². The van der Waals surface area contributed by atoms with E-state index in [0.717, 1.165) is 40.4 Å². The fraction of sp³-hybridized carbons (Fsp3) is 0.368. The van der Waals surface area contributed by atoms with Crippen molar-refractivity contribution >= 4 is 11.7 Å². The molecule has 140 valence electrons. The van der Waals surface area contributed by atoms with Crippen molar-refractivity contribution in [1.29, 1.82) is 0 Å². The molecule has 1 N–H and O–H groups in total. The monoisotopic (exact) mass is 367 g/mol. The topological polar surface area (TPSA) is 90.6 Å². The lowest BCUT2D eigenvalue weighted by molar-refractivity contribution is -0.121. The first-order chi connectivity index (χ1) is 13.1. The number of amides is 1. The Kier molecular flexibility index (Phi) is 4.62. The van der Waals surface area contributed by atoms with Crippen molar-refractivity contribution in [3.63, 3.8) is 0 Å². The van der Waals surface area contributed by atoms with Gasteiger partial charge in [-0.3, -0.25) is 4.79 Å². The number of benzene rings is 1. The number of hydrogen-bond acceptors (Lipinski definition) is 6. The van der Waals surface area contributed by atoms with Gasteiger partial charge >= 0.3 is 0 Å². The minimum atomic E-state index is 0.0215. The van der Waals surface area contributed by atoms with Gasteiger partial charge in [0.15, 0.2) is 11.5 Å². The summed E-state index contributed by atoms with van der Waals surface area (Å²) in [6, 6.07) is 5.85. The highest BCUT2D eigenvalue weighted by atomic mass is 16.7. The molecule has 0 fully saturated rings. The van der Waals surface area contributed by atoms with Crippen LogP contribution in [0.25, 0.3) is 5.78 Å². The highest BCUT2D eigenvalue weighted by Gasteiger charge is 2.14. The number of rotatable bonds is 6. The van der Waals surface area contributed by atoms with Gasteiger partial charge in [-0.05, 0) is 49.9 Å². The van der Waals surface area contributed by atoms with Gasteiger partial charge in [0.1, 0.15) is 6.33 Å². The van der Waals surface area contributed by atoms with Crippen LogP contribution in [0.15, 0.2) is 24.5 Å². The summed E-state index contributed by atoms with van der Waals surface area (Å²) in [5.74, 6) is 2.14. The Hall–Kier alpha value is -3.16. The molecule has 0 spiro atoms. The lowest BCUT2D eigenvalue weighted by atomic mass is 10.1. The van der Waals surface area contributed by atoms with Crippen LogP contribution in [0.2, 0.25) is 0 Å². The maximum absolute atomic E-state index is 12.2. The summed E-state index contributed by atoms with van der Waals surface area (Å²) in [6.45, 7) is 4.76. The molecule has 1 aliphatic rings. The van der Waals surface area contributed by atoms with E-state index >= 15 is 0 Å². The molecule has 0 saturated carbocycles. The summed E-state index contributed by atoms with van der Waals surface area (Å²) in [6.07, 6.45) is 3.26. The zero-order valence-corrected chi connectivity index (χ0v) is 15.4. The van der Waals surface area contributed by atoms with Gasteiger partial charge in [-0.2, -0.15) is 10.1 Å². The number of fused-ring (bicyclic) bond motifs is 2. The Balaban J connectivity index is 1.30. The van der Waals surface area contributed by atoms with E-state index < -0.39 is 0 Å². The van der Waals surface area contributed by atoms with E-state index in [4.69, 9.17) is 9.47 Å². The van der Waals surface area contributed by atoms with Crippen molar-refractivity contribution in [3.05, 3.63) is 47.0 Å². The van der Waals surface area contributed by atoms with Crippen LogP contribution in [0.3, 0.4) is 0 Å². The minimum Gasteiger partial charge on any atom is -0.454 e. The van der Waals surface area contributed by atoms with Crippen molar-refractivity contribution in [1.82, 2.24) is 24.9 Å². The third-order valence-corrected chi connectivity index (χ3v) is 4.76. The van der Waals surface area contributed by atoms with Gasteiger partial charge in [0.2, 0.25) is 12.7 Å². The molecule has 0 bridgehead atoms. The van der Waals surface area contributed by atoms with Gasteiger partial charge in [0.05, 0.1) is 0 Å². The maximum atomic E-state index is 12.2. The van der Waals surface area contributed by atoms with E-state index in [1.165, 1.54) is 6.33 Å². The van der Waals surface area contributed by atoms with E-state index in [2.05, 4.69) is 20.4 Å². The quantitative estimate of drug-likeness (QED) is 0.714. The summed E-state index contributed by atoms with van der Waals surface area (Å²) < 4.78 is 12.4. The van der Waals surface area contributed by atoms with Gasteiger partial charge in [-0.1, -0.05) is 6.07 Å². The molecule has 2 aromatic heterocycles. The molecule has 1 aromatic carbocycles. The minimum absolute atomic E-state index is 0.0215. The number of hydrogen-bond donors (Lipinski definition) is 1. The highest BCUT2D eigenvalue weighted by Crippen LogP contribution is 2.32. The fourth-order valence-electron chi connectivity index (χ4n) is 3.29. The Bertz CT molecular complexity index is 998. The predicted molar refractivity (Wildman–Crippen MR) is 97.9 cm³/mol. The molecular formula is C19H21N5O3. The summed E-state index contributed by atoms with van der Waals surface area (Å²) in [4.78, 5) is 20.8. The van der Waals surface area contributed by atoms with E-state index in [1.807, 2.05) is 32.0 Å². The second kappa shape index (κ2) is 7.22. The molecular weight excluding hydrogens is 346 g/mol. The molecule has 4 rings (SSSR count). The van der Waals surface area contributed by atoms with E-state index in [0.29, 0.717) is 25.2 Å². The first-order valence-corrected chi connectivity index (χ1v) is 8.93. The fourth-order valence-corrected chi connectivity index (χ4v) is 3.29. The summed E-state index contributed by atoms with van der Waals surface area (Å²) in [7, 11) is 0. The zero-order chi connectivity index (χ0) is 18.8. The van der Waals surface area contributed by atoms with Gasteiger partial charge in [0, 0.05) is 24.4 Å². The number of carbonyl (C=O) groups excluding carboxylic acids is 1. The zero-order valence-electron chi connectivity index (χ0n) is 15.4. The van der Waals surface area contributed by atoms with Crippen LogP contribution < -0.4 is 14.8 Å². The molecule has 0 aliphatic carbocycles. The average Bonchev–Trinajstić information content (AvgIpc) is 3.30. The molecule has 8 heteroatoms. The molecule has 3 aromatic rings. The standard InChI is InChI=1S/C19H21N5O3/c1-12-15(13(2)24-19(23-12)21-10-22-24)4-6-18(25)20-8-7-14-3-5-16-17(9-14)27-11-26-16/h3,5,9-10H,4,6-8,11H2,1-2H3,(H,20,25). The Labute approximate surface area is 156 Å². The smallest absolute Gasteiger partial charge is 0.252 e. The van der Waals surface area contributed by atoms with Crippen LogP contribution in [0.5, 0.6) is 11.5 Å². The van der Waals surface area contributed by atoms with Gasteiger partial charge in [-0.15, -0.1) is 0 Å². The molecule has 0 radical (unpaired) electrons. The maximum Gasteiger partial charge on any atom is 0.252 e. The van der Waals surface area contributed by atoms with Crippen LogP contribution in [0.1, 0.15) is 28.9 Å². The first kappa shape index (κ1) is 17.3. The molecule has 0 unspecified atom stereocenters. The highest BCUT2D eigenvalue weighted by molar-refractivity contribution is 5.76. The van der Waals surface area contributed by atoms with Crippen LogP contribution in [0, 0.1) is 13.8 Å². The number of aryl methyl sites for hydroxylation is 2. The summed E-state index contributed by atoms with van der Waals surface area (Å²) in [5.41, 5.74) is 4.01. The van der Waals surface area contributed by atoms with E-state index in [9.17, 15) is 4.79 Å². The lowest BCUT2D eigenvalue weighted by Crippen LogP contribution is -2.26. The largest absolute Gasteiger partial charge is 0.454 e. The third-order valence-electron chi connectivity index (χ3n) is 4.76. The summed E-state index contributed by atoms with van der Waals surface area (Å²) >= 11 is 0. The predicted octanol–water partition coefficient (Wildman–Crippen LogP) is 1.76. The van der Waals surface area contributed by atoms with Crippen molar-refractivity contribution in [3.8, 4) is 11.5 Å². The number of nitrogens with one attached hydrogen (secondary N) is 1. The molecule has 0 saturated heterocycles. The number of carbonyl (C=O) groups is 1. The number of aromatic nitrogens is 4. The first-order valence-electron chi connectivity index (χ1n) is 8.93. The number of ether oxygens (including phenoxy) is 2. The molecule has 8 nitrogen and oxygen atoms in total. The molecule has 27 heavy (non-hydrogen) atoms. The van der Waals surface area contributed by atoms with Crippen molar-refractivity contribution in [2.75, 3.05) is 13.3 Å². The van der Waals surface area contributed by atoms with E-state index in [1.54, 1.807) is 4.52 Å². The van der Waals surface area contributed by atoms with Crippen molar-refractivity contribution in [2.24, 2.45) is 0 Å². The van der Waals surface area contributed by atoms with Crippen molar-refractivity contribution < 1.29 is 14.3 Å². The van der Waals surface area contributed by atoms with Gasteiger partial charge < -0.3 is 14.8 Å². The molecule has 1 amide bonds. The Morgan fingerprint density at radius 3 is 2.96 bits per heavy atom. The second-order valence-electron chi connectivity index (χ2n) is 6.52.